The fourth-order valence-electron chi connectivity index (χ4n) is 1.17. The van der Waals surface area contributed by atoms with Gasteiger partial charge in [0, 0.05) is 0 Å². The monoisotopic (exact) mass is 258 g/mol. The zero-order chi connectivity index (χ0) is 13.9. The predicted molar refractivity (Wildman–Crippen MR) is 56.0 cm³/mol. The molecule has 1 aromatic rings. The molecule has 0 saturated heterocycles. The van der Waals surface area contributed by atoms with Crippen molar-refractivity contribution in [1.82, 2.24) is 5.32 Å². The summed E-state index contributed by atoms with van der Waals surface area (Å²) >= 11 is 0. The van der Waals surface area contributed by atoms with Crippen LogP contribution in [0.1, 0.15) is 17.3 Å². The first kappa shape index (κ1) is 13.7. The van der Waals surface area contributed by atoms with Gasteiger partial charge in [0.1, 0.15) is 11.6 Å². The van der Waals surface area contributed by atoms with Gasteiger partial charge in [-0.25, -0.2) is 4.39 Å². The third kappa shape index (κ3) is 3.06. The molecule has 0 bridgehead atoms. The molecule has 0 saturated carbocycles. The second kappa shape index (κ2) is 5.30. The van der Waals surface area contributed by atoms with E-state index in [1.54, 1.807) is 0 Å². The fourth-order valence-corrected chi connectivity index (χ4v) is 1.17. The molecule has 8 heteroatoms. The SMILES string of the molecule is CC(=O)CNC(=O)c1cc(F)cc([N+](=O)[O-])c1F. The van der Waals surface area contributed by atoms with Crippen LogP contribution in [0.15, 0.2) is 12.1 Å². The number of carbonyl (C=O) groups is 2. The summed E-state index contributed by atoms with van der Waals surface area (Å²) in [6.07, 6.45) is 0. The topological polar surface area (TPSA) is 89.3 Å². The Morgan fingerprint density at radius 3 is 2.50 bits per heavy atom. The van der Waals surface area contributed by atoms with Gasteiger partial charge in [0.2, 0.25) is 5.82 Å². The van der Waals surface area contributed by atoms with Crippen LogP contribution in [0.2, 0.25) is 0 Å². The van der Waals surface area contributed by atoms with E-state index in [0.717, 1.165) is 0 Å². The number of Topliss-reactive ketones (excluding diaryl/α,β-unsaturated/α-hetero) is 1. The molecule has 6 nitrogen and oxygen atoms in total. The van der Waals surface area contributed by atoms with Crippen LogP contribution in [0.4, 0.5) is 14.5 Å². The normalized spacial score (nSPS) is 9.94. The van der Waals surface area contributed by atoms with Crippen molar-refractivity contribution in [2.75, 3.05) is 6.54 Å². The fraction of sp³-hybridized carbons (Fsp3) is 0.200. The minimum absolute atomic E-state index is 0.372. The highest BCUT2D eigenvalue weighted by atomic mass is 19.1. The van der Waals surface area contributed by atoms with Gasteiger partial charge in [-0.3, -0.25) is 19.7 Å². The zero-order valence-corrected chi connectivity index (χ0v) is 9.20. The van der Waals surface area contributed by atoms with Gasteiger partial charge in [-0.1, -0.05) is 0 Å². The van der Waals surface area contributed by atoms with Crippen molar-refractivity contribution in [2.24, 2.45) is 0 Å². The van der Waals surface area contributed by atoms with E-state index in [1.165, 1.54) is 6.92 Å². The maximum atomic E-state index is 13.5. The van der Waals surface area contributed by atoms with Gasteiger partial charge in [-0.05, 0) is 13.0 Å². The van der Waals surface area contributed by atoms with Crippen molar-refractivity contribution >= 4 is 17.4 Å². The minimum Gasteiger partial charge on any atom is -0.345 e. The molecule has 0 unspecified atom stereocenters. The first-order valence-corrected chi connectivity index (χ1v) is 4.74. The summed E-state index contributed by atoms with van der Waals surface area (Å²) in [7, 11) is 0. The van der Waals surface area contributed by atoms with E-state index < -0.39 is 39.5 Å². The molecule has 1 rings (SSSR count). The van der Waals surface area contributed by atoms with E-state index in [4.69, 9.17) is 0 Å². The molecule has 0 radical (unpaired) electrons. The Balaban J connectivity index is 3.12. The number of nitrogens with zero attached hydrogens (tertiary/aromatic N) is 1. The van der Waals surface area contributed by atoms with Gasteiger partial charge in [0.25, 0.3) is 5.91 Å². The highest BCUT2D eigenvalue weighted by Crippen LogP contribution is 2.22. The summed E-state index contributed by atoms with van der Waals surface area (Å²) < 4.78 is 26.5. The van der Waals surface area contributed by atoms with Crippen LogP contribution < -0.4 is 5.32 Å². The van der Waals surface area contributed by atoms with E-state index in [1.807, 2.05) is 5.32 Å². The Labute approximate surface area is 99.7 Å². The van der Waals surface area contributed by atoms with Gasteiger partial charge in [-0.15, -0.1) is 0 Å². The largest absolute Gasteiger partial charge is 0.345 e. The van der Waals surface area contributed by atoms with E-state index in [9.17, 15) is 28.5 Å². The van der Waals surface area contributed by atoms with Gasteiger partial charge in [0.15, 0.2) is 0 Å². The van der Waals surface area contributed by atoms with E-state index in [-0.39, 0.29) is 6.54 Å². The van der Waals surface area contributed by atoms with Crippen LogP contribution in [0.3, 0.4) is 0 Å². The van der Waals surface area contributed by atoms with Crippen LogP contribution >= 0.6 is 0 Å². The highest BCUT2D eigenvalue weighted by molar-refractivity contribution is 5.97. The Morgan fingerprint density at radius 2 is 2.00 bits per heavy atom. The summed E-state index contributed by atoms with van der Waals surface area (Å²) in [5.41, 5.74) is -1.95. The lowest BCUT2D eigenvalue weighted by Crippen LogP contribution is -2.29. The molecule has 0 aromatic heterocycles. The lowest BCUT2D eigenvalue weighted by Gasteiger charge is -2.04. The molecular formula is C10H8F2N2O4. The highest BCUT2D eigenvalue weighted by Gasteiger charge is 2.24. The number of amides is 1. The average molecular weight is 258 g/mol. The number of carbonyl (C=O) groups excluding carboxylic acids is 2. The summed E-state index contributed by atoms with van der Waals surface area (Å²) in [6.45, 7) is 0.813. The molecule has 1 N–H and O–H groups in total. The summed E-state index contributed by atoms with van der Waals surface area (Å²) in [5, 5.41) is 12.4. The van der Waals surface area contributed by atoms with Crippen molar-refractivity contribution in [1.29, 1.82) is 0 Å². The minimum atomic E-state index is -1.44. The number of rotatable bonds is 4. The molecule has 96 valence electrons. The number of halogens is 2. The second-order valence-electron chi connectivity index (χ2n) is 3.43. The molecule has 1 aromatic carbocycles. The number of hydrogen-bond acceptors (Lipinski definition) is 4. The van der Waals surface area contributed by atoms with Gasteiger partial charge in [-0.2, -0.15) is 4.39 Å². The van der Waals surface area contributed by atoms with Gasteiger partial charge < -0.3 is 5.32 Å². The number of benzene rings is 1. The maximum Gasteiger partial charge on any atom is 0.308 e. The number of nitro benzene ring substituents is 1. The van der Waals surface area contributed by atoms with Crippen molar-refractivity contribution in [2.45, 2.75) is 6.92 Å². The Morgan fingerprint density at radius 1 is 1.39 bits per heavy atom. The zero-order valence-electron chi connectivity index (χ0n) is 9.20. The number of hydrogen-bond donors (Lipinski definition) is 1. The molecule has 18 heavy (non-hydrogen) atoms. The van der Waals surface area contributed by atoms with E-state index >= 15 is 0 Å². The molecule has 0 fully saturated rings. The molecule has 1 amide bonds. The Kier molecular flexibility index (Phi) is 4.03. The summed E-state index contributed by atoms with van der Waals surface area (Å²) in [5.74, 6) is -4.04. The molecule has 0 atom stereocenters. The molecule has 0 aliphatic rings. The molecular weight excluding hydrogens is 250 g/mol. The third-order valence-electron chi connectivity index (χ3n) is 1.96. The van der Waals surface area contributed by atoms with Crippen LogP contribution in [0.25, 0.3) is 0 Å². The Hall–Kier alpha value is -2.38. The molecule has 0 spiro atoms. The standard InChI is InChI=1S/C10H8F2N2O4/c1-5(15)4-13-10(16)7-2-6(11)3-8(9(7)12)14(17)18/h2-3H,4H2,1H3,(H,13,16). The molecule has 0 aliphatic carbocycles. The van der Waals surface area contributed by atoms with Crippen molar-refractivity contribution in [3.63, 3.8) is 0 Å². The maximum absolute atomic E-state index is 13.5. The van der Waals surface area contributed by atoms with Gasteiger partial charge >= 0.3 is 5.69 Å². The van der Waals surface area contributed by atoms with Gasteiger partial charge in [0.05, 0.1) is 23.1 Å². The van der Waals surface area contributed by atoms with Crippen molar-refractivity contribution in [3.8, 4) is 0 Å². The van der Waals surface area contributed by atoms with Crippen molar-refractivity contribution in [3.05, 3.63) is 39.4 Å². The van der Waals surface area contributed by atoms with E-state index in [0.29, 0.717) is 12.1 Å². The summed E-state index contributed by atoms with van der Waals surface area (Å²) in [6, 6.07) is 0.898. The smallest absolute Gasteiger partial charge is 0.308 e. The lowest BCUT2D eigenvalue weighted by atomic mass is 10.1. The lowest BCUT2D eigenvalue weighted by molar-refractivity contribution is -0.387. The average Bonchev–Trinajstić information content (AvgIpc) is 2.28. The summed E-state index contributed by atoms with van der Waals surface area (Å²) in [4.78, 5) is 31.3. The third-order valence-corrected chi connectivity index (χ3v) is 1.96. The predicted octanol–water partition coefficient (Wildman–Crippen LogP) is 1.19. The number of nitrogens with one attached hydrogen (secondary N) is 1. The first-order valence-electron chi connectivity index (χ1n) is 4.74. The van der Waals surface area contributed by atoms with E-state index in [2.05, 4.69) is 0 Å². The Bertz CT molecular complexity index is 531. The molecule has 0 heterocycles. The first-order chi connectivity index (χ1) is 8.32. The quantitative estimate of drug-likeness (QED) is 0.648. The van der Waals surface area contributed by atoms with Crippen LogP contribution in [0, 0.1) is 21.7 Å². The van der Waals surface area contributed by atoms with Crippen molar-refractivity contribution < 1.29 is 23.3 Å². The van der Waals surface area contributed by atoms with Crippen LogP contribution in [0.5, 0.6) is 0 Å². The number of nitro groups is 1. The van der Waals surface area contributed by atoms with Crippen LogP contribution in [-0.4, -0.2) is 23.2 Å². The second-order valence-corrected chi connectivity index (χ2v) is 3.43. The molecule has 0 aliphatic heterocycles. The van der Waals surface area contributed by atoms with Crippen LogP contribution in [-0.2, 0) is 4.79 Å². The number of ketones is 1.